The van der Waals surface area contributed by atoms with Crippen LogP contribution < -0.4 is 5.84 Å². The van der Waals surface area contributed by atoms with Crippen LogP contribution >= 0.6 is 0 Å². The first-order chi connectivity index (χ1) is 21.3. The van der Waals surface area contributed by atoms with Crippen LogP contribution in [-0.4, -0.2) is 26.6 Å². The van der Waals surface area contributed by atoms with Crippen molar-refractivity contribution in [2.24, 2.45) is 10.8 Å². The number of fused-ring (bicyclic) bond motifs is 5. The van der Waals surface area contributed by atoms with E-state index in [1.807, 2.05) is 30.7 Å². The van der Waals surface area contributed by atoms with Gasteiger partial charge < -0.3 is 4.57 Å². The molecule has 5 aromatic carbocycles. The lowest BCUT2D eigenvalue weighted by molar-refractivity contribution is 0.346. The normalized spacial score (nSPS) is 15.2. The standard InChI is InChI=1S/C38H29N5/c39-43-23-10-18-31(29-14-9-13-28(25-29)27-11-3-1-4-12-27)38(43)40-26-42-35-19-8-7-17-32(35)33-20-21-36-34(37(33)42)22-24-41(36)30-15-5-2-6-16-30/h1-26,38H,39H2/b40-26+. The van der Waals surface area contributed by atoms with E-state index in [9.17, 15) is 0 Å². The number of nitrogens with zero attached hydrogens (tertiary/aromatic N) is 4. The molecule has 5 heteroatoms. The molecule has 0 amide bonds. The molecule has 3 heterocycles. The lowest BCUT2D eigenvalue weighted by Gasteiger charge is -2.28. The van der Waals surface area contributed by atoms with Crippen LogP contribution in [-0.2, 0) is 0 Å². The molecule has 0 spiro atoms. The number of hydrazine groups is 1. The van der Waals surface area contributed by atoms with E-state index in [-0.39, 0.29) is 6.17 Å². The molecule has 0 bridgehead atoms. The average Bonchev–Trinajstić information content (AvgIpc) is 3.64. The molecule has 0 saturated carbocycles. The molecule has 5 nitrogen and oxygen atoms in total. The largest absolute Gasteiger partial charge is 0.316 e. The molecule has 7 aromatic rings. The third kappa shape index (κ3) is 4.26. The molecule has 0 fully saturated rings. The Balaban J connectivity index is 1.26. The lowest BCUT2D eigenvalue weighted by Crippen LogP contribution is -2.37. The number of hydrogen-bond donors (Lipinski definition) is 1. The van der Waals surface area contributed by atoms with Crippen molar-refractivity contribution in [3.8, 4) is 16.8 Å². The number of allylic oxidation sites excluding steroid dienone is 2. The third-order valence-electron chi connectivity index (χ3n) is 8.29. The third-order valence-corrected chi connectivity index (χ3v) is 8.29. The SMILES string of the molecule is NN1C=CC=C(c2cccc(-c3ccccc3)c2)C1/N=C/n1c2ccccc2c2ccc3c(ccn3-c3ccccc3)c21. The summed E-state index contributed by atoms with van der Waals surface area (Å²) in [6.45, 7) is 0. The fraction of sp³-hybridized carbons (Fsp3) is 0.0263. The topological polar surface area (TPSA) is 51.5 Å². The van der Waals surface area contributed by atoms with E-state index in [2.05, 4.69) is 137 Å². The maximum absolute atomic E-state index is 6.56. The first kappa shape index (κ1) is 25.1. The van der Waals surface area contributed by atoms with Crippen molar-refractivity contribution in [3.05, 3.63) is 158 Å². The summed E-state index contributed by atoms with van der Waals surface area (Å²) in [5, 5.41) is 5.23. The summed E-state index contributed by atoms with van der Waals surface area (Å²) in [5.41, 5.74) is 8.98. The van der Waals surface area contributed by atoms with Crippen LogP contribution in [0.4, 0.5) is 0 Å². The molecule has 2 aromatic heterocycles. The minimum absolute atomic E-state index is 0.389. The van der Waals surface area contributed by atoms with Gasteiger partial charge in [-0.25, -0.2) is 10.8 Å². The average molecular weight is 556 g/mol. The molecule has 0 aliphatic carbocycles. The summed E-state index contributed by atoms with van der Waals surface area (Å²) in [6, 6.07) is 44.6. The molecule has 1 aliphatic heterocycles. The summed E-state index contributed by atoms with van der Waals surface area (Å²) in [7, 11) is 0. The summed E-state index contributed by atoms with van der Waals surface area (Å²) < 4.78 is 4.45. The van der Waals surface area contributed by atoms with Gasteiger partial charge in [-0.05, 0) is 59.2 Å². The predicted molar refractivity (Wildman–Crippen MR) is 179 cm³/mol. The molecular formula is C38H29N5. The molecule has 2 N–H and O–H groups in total. The van der Waals surface area contributed by atoms with Gasteiger partial charge in [0.05, 0.1) is 22.9 Å². The van der Waals surface area contributed by atoms with Crippen LogP contribution in [0.2, 0.25) is 0 Å². The molecule has 8 rings (SSSR count). The van der Waals surface area contributed by atoms with Gasteiger partial charge in [-0.2, -0.15) is 0 Å². The van der Waals surface area contributed by atoms with Crippen molar-refractivity contribution in [2.75, 3.05) is 0 Å². The summed E-state index contributed by atoms with van der Waals surface area (Å²) >= 11 is 0. The molecule has 43 heavy (non-hydrogen) atoms. The zero-order valence-corrected chi connectivity index (χ0v) is 23.5. The first-order valence-electron chi connectivity index (χ1n) is 14.4. The van der Waals surface area contributed by atoms with Crippen LogP contribution in [0.15, 0.2) is 157 Å². The number of rotatable bonds is 5. The van der Waals surface area contributed by atoms with E-state index in [0.717, 1.165) is 38.9 Å². The van der Waals surface area contributed by atoms with Crippen molar-refractivity contribution >= 4 is 44.6 Å². The molecule has 1 unspecified atom stereocenters. The van der Waals surface area contributed by atoms with E-state index in [1.54, 1.807) is 5.01 Å². The van der Waals surface area contributed by atoms with Crippen LogP contribution in [0.25, 0.3) is 55.1 Å². The zero-order chi connectivity index (χ0) is 28.8. The van der Waals surface area contributed by atoms with Crippen molar-refractivity contribution in [1.29, 1.82) is 0 Å². The van der Waals surface area contributed by atoms with Gasteiger partial charge in [0, 0.05) is 39.8 Å². The van der Waals surface area contributed by atoms with E-state index >= 15 is 0 Å². The second-order valence-corrected chi connectivity index (χ2v) is 10.8. The second kappa shape index (κ2) is 10.3. The number of aromatic nitrogens is 2. The number of benzene rings is 5. The van der Waals surface area contributed by atoms with Crippen molar-refractivity contribution in [2.45, 2.75) is 6.17 Å². The zero-order valence-electron chi connectivity index (χ0n) is 23.5. The van der Waals surface area contributed by atoms with Gasteiger partial charge in [0.15, 0.2) is 6.17 Å². The quantitative estimate of drug-likeness (QED) is 0.132. The molecule has 206 valence electrons. The summed E-state index contributed by atoms with van der Waals surface area (Å²) in [5.74, 6) is 6.56. The highest BCUT2D eigenvalue weighted by Gasteiger charge is 2.22. The Morgan fingerprint density at radius 3 is 2.23 bits per heavy atom. The second-order valence-electron chi connectivity index (χ2n) is 10.8. The summed E-state index contributed by atoms with van der Waals surface area (Å²) in [6.07, 6.45) is 9.67. The first-order valence-corrected chi connectivity index (χ1v) is 14.4. The number of para-hydroxylation sites is 2. The van der Waals surface area contributed by atoms with Gasteiger partial charge in [-0.3, -0.25) is 9.58 Å². The van der Waals surface area contributed by atoms with Crippen LogP contribution in [0.3, 0.4) is 0 Å². The molecule has 1 aliphatic rings. The molecular weight excluding hydrogens is 526 g/mol. The highest BCUT2D eigenvalue weighted by atomic mass is 15.5. The number of aliphatic imine (C=N–C) groups is 1. The van der Waals surface area contributed by atoms with Crippen LogP contribution in [0, 0.1) is 0 Å². The fourth-order valence-electron chi connectivity index (χ4n) is 6.26. The Kier molecular flexibility index (Phi) is 6.02. The number of nitrogens with two attached hydrogens (primary N) is 1. The Labute approximate surface area is 249 Å². The van der Waals surface area contributed by atoms with E-state index in [0.29, 0.717) is 0 Å². The van der Waals surface area contributed by atoms with E-state index < -0.39 is 0 Å². The van der Waals surface area contributed by atoms with Crippen molar-refractivity contribution in [3.63, 3.8) is 0 Å². The Morgan fingerprint density at radius 2 is 1.37 bits per heavy atom. The van der Waals surface area contributed by atoms with Crippen LogP contribution in [0.1, 0.15) is 5.56 Å². The van der Waals surface area contributed by atoms with E-state index in [1.165, 1.54) is 21.7 Å². The molecule has 1 atom stereocenters. The van der Waals surface area contributed by atoms with Crippen molar-refractivity contribution < 1.29 is 0 Å². The highest BCUT2D eigenvalue weighted by Crippen LogP contribution is 2.35. The van der Waals surface area contributed by atoms with Crippen molar-refractivity contribution in [1.82, 2.24) is 14.1 Å². The van der Waals surface area contributed by atoms with E-state index in [4.69, 9.17) is 10.8 Å². The Morgan fingerprint density at radius 1 is 0.628 bits per heavy atom. The monoisotopic (exact) mass is 555 g/mol. The minimum Gasteiger partial charge on any atom is -0.316 e. The van der Waals surface area contributed by atoms with Gasteiger partial charge >= 0.3 is 0 Å². The lowest BCUT2D eigenvalue weighted by atomic mass is 9.96. The van der Waals surface area contributed by atoms with Crippen LogP contribution in [0.5, 0.6) is 0 Å². The van der Waals surface area contributed by atoms with Gasteiger partial charge in [-0.15, -0.1) is 0 Å². The number of hydrogen-bond acceptors (Lipinski definition) is 3. The highest BCUT2D eigenvalue weighted by molar-refractivity contribution is 6.20. The fourth-order valence-corrected chi connectivity index (χ4v) is 6.26. The van der Waals surface area contributed by atoms with Gasteiger partial charge in [0.2, 0.25) is 0 Å². The van der Waals surface area contributed by atoms with Gasteiger partial charge in [-0.1, -0.05) is 97.1 Å². The Bertz CT molecular complexity index is 2200. The molecule has 0 radical (unpaired) electrons. The van der Waals surface area contributed by atoms with Gasteiger partial charge in [0.1, 0.15) is 0 Å². The van der Waals surface area contributed by atoms with Gasteiger partial charge in [0.25, 0.3) is 0 Å². The maximum Gasteiger partial charge on any atom is 0.162 e. The molecule has 0 saturated heterocycles. The minimum atomic E-state index is -0.389. The maximum atomic E-state index is 6.56. The summed E-state index contributed by atoms with van der Waals surface area (Å²) in [4.78, 5) is 5.15. The smallest absolute Gasteiger partial charge is 0.162 e. The Hall–Kier alpha value is -5.65. The predicted octanol–water partition coefficient (Wildman–Crippen LogP) is 8.39.